The first-order chi connectivity index (χ1) is 11.2. The number of benzene rings is 1. The van der Waals surface area contributed by atoms with Crippen LogP contribution < -0.4 is 0 Å². The fourth-order valence-corrected chi connectivity index (χ4v) is 2.23. The number of carbonyl (C=O) groups is 1. The highest BCUT2D eigenvalue weighted by Crippen LogP contribution is 2.22. The zero-order chi connectivity index (χ0) is 16.2. The third kappa shape index (κ3) is 3.48. The van der Waals surface area contributed by atoms with E-state index in [4.69, 9.17) is 4.52 Å². The smallest absolute Gasteiger partial charge is 0.261 e. The van der Waals surface area contributed by atoms with Crippen molar-refractivity contribution >= 4 is 6.29 Å². The Morgan fingerprint density at radius 1 is 1.09 bits per heavy atom. The topological polar surface area (TPSA) is 81.8 Å². The van der Waals surface area contributed by atoms with Crippen molar-refractivity contribution in [2.24, 2.45) is 5.92 Å². The molecule has 0 saturated carbocycles. The van der Waals surface area contributed by atoms with E-state index in [0.717, 1.165) is 12.0 Å². The van der Waals surface area contributed by atoms with Crippen molar-refractivity contribution in [3.05, 3.63) is 48.0 Å². The average Bonchev–Trinajstić information content (AvgIpc) is 3.05. The van der Waals surface area contributed by atoms with Crippen LogP contribution in [-0.2, 0) is 6.42 Å². The highest BCUT2D eigenvalue weighted by molar-refractivity contribution is 5.69. The van der Waals surface area contributed by atoms with Gasteiger partial charge in [-0.15, -0.1) is 0 Å². The molecule has 0 N–H and O–H groups in total. The Bertz CT molecular complexity index is 792. The molecule has 23 heavy (non-hydrogen) atoms. The minimum atomic E-state index is 0.120. The molecule has 0 aliphatic rings. The number of nitrogens with zero attached hydrogens (tertiary/aromatic N) is 4. The molecule has 0 aliphatic heterocycles. The summed E-state index contributed by atoms with van der Waals surface area (Å²) in [7, 11) is 0. The molecule has 2 heterocycles. The molecule has 0 spiro atoms. The molecular formula is C17H16N4O2. The summed E-state index contributed by atoms with van der Waals surface area (Å²) in [6.45, 7) is 4.38. The first-order valence-electron chi connectivity index (χ1n) is 7.36. The molecule has 0 unspecified atom stereocenters. The van der Waals surface area contributed by atoms with E-state index in [2.05, 4.69) is 46.1 Å². The largest absolute Gasteiger partial charge is 0.333 e. The van der Waals surface area contributed by atoms with Crippen LogP contribution in [0.5, 0.6) is 0 Å². The van der Waals surface area contributed by atoms with Gasteiger partial charge in [-0.2, -0.15) is 4.98 Å². The highest BCUT2D eigenvalue weighted by atomic mass is 16.5. The van der Waals surface area contributed by atoms with Crippen LogP contribution in [0.25, 0.3) is 22.8 Å². The summed E-state index contributed by atoms with van der Waals surface area (Å²) in [5.74, 6) is 1.57. The van der Waals surface area contributed by atoms with Gasteiger partial charge < -0.3 is 4.52 Å². The van der Waals surface area contributed by atoms with E-state index in [-0.39, 0.29) is 5.82 Å². The van der Waals surface area contributed by atoms with Crippen LogP contribution >= 0.6 is 0 Å². The van der Waals surface area contributed by atoms with Crippen molar-refractivity contribution in [1.82, 2.24) is 20.1 Å². The Kier molecular flexibility index (Phi) is 4.23. The summed E-state index contributed by atoms with van der Waals surface area (Å²) in [5.41, 5.74) is 2.74. The maximum atomic E-state index is 10.6. The molecule has 3 aromatic rings. The van der Waals surface area contributed by atoms with Gasteiger partial charge in [0.05, 0.1) is 5.56 Å². The molecule has 0 radical (unpaired) electrons. The van der Waals surface area contributed by atoms with E-state index < -0.39 is 0 Å². The van der Waals surface area contributed by atoms with E-state index in [9.17, 15) is 4.79 Å². The number of aldehydes is 1. The third-order valence-electron chi connectivity index (χ3n) is 3.31. The fraction of sp³-hybridized carbons (Fsp3) is 0.235. The SMILES string of the molecule is CC(C)Cc1ccc(-c2noc(-c3cnc(C=O)nc3)n2)cc1. The van der Waals surface area contributed by atoms with Gasteiger partial charge in [0.1, 0.15) is 0 Å². The monoisotopic (exact) mass is 308 g/mol. The standard InChI is InChI=1S/C17H16N4O2/c1-11(2)7-12-3-5-13(6-4-12)16-20-17(23-21-16)14-8-18-15(10-22)19-9-14/h3-6,8-11H,7H2,1-2H3. The molecule has 116 valence electrons. The third-order valence-corrected chi connectivity index (χ3v) is 3.31. The van der Waals surface area contributed by atoms with Gasteiger partial charge in [0, 0.05) is 18.0 Å². The first kappa shape index (κ1) is 15.0. The molecule has 3 rings (SSSR count). The van der Waals surface area contributed by atoms with Crippen molar-refractivity contribution in [2.45, 2.75) is 20.3 Å². The minimum absolute atomic E-state index is 0.120. The van der Waals surface area contributed by atoms with Crippen LogP contribution in [0.3, 0.4) is 0 Å². The number of carbonyl (C=O) groups excluding carboxylic acids is 1. The van der Waals surface area contributed by atoms with Crippen molar-refractivity contribution in [2.75, 3.05) is 0 Å². The van der Waals surface area contributed by atoms with Gasteiger partial charge >= 0.3 is 0 Å². The minimum Gasteiger partial charge on any atom is -0.333 e. The van der Waals surface area contributed by atoms with E-state index in [1.54, 1.807) is 0 Å². The van der Waals surface area contributed by atoms with E-state index in [1.807, 2.05) is 12.1 Å². The molecule has 0 saturated heterocycles. The molecule has 2 aromatic heterocycles. The quantitative estimate of drug-likeness (QED) is 0.673. The molecule has 0 amide bonds. The molecular weight excluding hydrogens is 292 g/mol. The lowest BCUT2D eigenvalue weighted by molar-refractivity contribution is 0.111. The zero-order valence-corrected chi connectivity index (χ0v) is 12.9. The molecule has 6 heteroatoms. The Morgan fingerprint density at radius 3 is 2.39 bits per heavy atom. The summed E-state index contributed by atoms with van der Waals surface area (Å²) in [6.07, 6.45) is 4.60. The number of aromatic nitrogens is 4. The zero-order valence-electron chi connectivity index (χ0n) is 12.9. The number of rotatable bonds is 5. The molecule has 0 atom stereocenters. The summed E-state index contributed by atoms with van der Waals surface area (Å²) < 4.78 is 5.24. The van der Waals surface area contributed by atoms with Crippen LogP contribution in [-0.4, -0.2) is 26.4 Å². The fourth-order valence-electron chi connectivity index (χ4n) is 2.23. The van der Waals surface area contributed by atoms with Crippen LogP contribution in [0.15, 0.2) is 41.2 Å². The second-order valence-electron chi connectivity index (χ2n) is 5.67. The Balaban J connectivity index is 1.81. The van der Waals surface area contributed by atoms with Gasteiger partial charge in [-0.25, -0.2) is 9.97 Å². The maximum absolute atomic E-state index is 10.6. The number of hydrogen-bond donors (Lipinski definition) is 0. The van der Waals surface area contributed by atoms with Crippen LogP contribution in [0.2, 0.25) is 0 Å². The van der Waals surface area contributed by atoms with Crippen molar-refractivity contribution in [3.63, 3.8) is 0 Å². The Hall–Kier alpha value is -2.89. The van der Waals surface area contributed by atoms with E-state index in [1.165, 1.54) is 18.0 Å². The predicted molar refractivity (Wildman–Crippen MR) is 84.7 cm³/mol. The lowest BCUT2D eigenvalue weighted by Crippen LogP contribution is -1.93. The van der Waals surface area contributed by atoms with E-state index >= 15 is 0 Å². The van der Waals surface area contributed by atoms with Crippen LogP contribution in [0.1, 0.15) is 30.0 Å². The molecule has 0 aliphatic carbocycles. The van der Waals surface area contributed by atoms with Crippen molar-refractivity contribution in [1.29, 1.82) is 0 Å². The van der Waals surface area contributed by atoms with Crippen molar-refractivity contribution < 1.29 is 9.32 Å². The summed E-state index contributed by atoms with van der Waals surface area (Å²) in [5, 5.41) is 3.98. The Labute approximate surface area is 133 Å². The van der Waals surface area contributed by atoms with Crippen molar-refractivity contribution in [3.8, 4) is 22.8 Å². The Morgan fingerprint density at radius 2 is 1.78 bits per heavy atom. The molecule has 0 fully saturated rings. The molecule has 6 nitrogen and oxygen atoms in total. The highest BCUT2D eigenvalue weighted by Gasteiger charge is 2.11. The lowest BCUT2D eigenvalue weighted by Gasteiger charge is -2.04. The van der Waals surface area contributed by atoms with Gasteiger partial charge in [0.25, 0.3) is 5.89 Å². The van der Waals surface area contributed by atoms with E-state index in [0.29, 0.717) is 29.5 Å². The summed E-state index contributed by atoms with van der Waals surface area (Å²) in [4.78, 5) is 22.7. The molecule has 1 aromatic carbocycles. The first-order valence-corrected chi connectivity index (χ1v) is 7.36. The average molecular weight is 308 g/mol. The predicted octanol–water partition coefficient (Wildman–Crippen LogP) is 3.20. The molecule has 0 bridgehead atoms. The van der Waals surface area contributed by atoms with Gasteiger partial charge in [-0.3, -0.25) is 4.79 Å². The van der Waals surface area contributed by atoms with Gasteiger partial charge in [-0.05, 0) is 17.9 Å². The summed E-state index contributed by atoms with van der Waals surface area (Å²) in [6, 6.07) is 8.12. The van der Waals surface area contributed by atoms with Gasteiger partial charge in [-0.1, -0.05) is 43.3 Å². The van der Waals surface area contributed by atoms with Crippen LogP contribution in [0, 0.1) is 5.92 Å². The van der Waals surface area contributed by atoms with Gasteiger partial charge in [0.15, 0.2) is 12.1 Å². The lowest BCUT2D eigenvalue weighted by atomic mass is 10.0. The summed E-state index contributed by atoms with van der Waals surface area (Å²) >= 11 is 0. The second kappa shape index (κ2) is 6.48. The normalized spacial score (nSPS) is 10.9. The van der Waals surface area contributed by atoms with Gasteiger partial charge in [0.2, 0.25) is 5.82 Å². The van der Waals surface area contributed by atoms with Crippen LogP contribution in [0.4, 0.5) is 0 Å². The maximum Gasteiger partial charge on any atom is 0.261 e. The number of hydrogen-bond acceptors (Lipinski definition) is 6. The second-order valence-corrected chi connectivity index (χ2v) is 5.67.